The van der Waals surface area contributed by atoms with Crippen LogP contribution in [0.4, 0.5) is 4.79 Å². The van der Waals surface area contributed by atoms with E-state index in [1.165, 1.54) is 10.9 Å². The van der Waals surface area contributed by atoms with Gasteiger partial charge in [-0.3, -0.25) is 0 Å². The lowest BCUT2D eigenvalue weighted by molar-refractivity contribution is 0.141. The fourth-order valence-corrected chi connectivity index (χ4v) is 2.63. The Bertz CT molecular complexity index is 850. The molecule has 2 aromatic carbocycles. The number of fused-ring (bicyclic) bond motifs is 1. The quantitative estimate of drug-likeness (QED) is 0.731. The van der Waals surface area contributed by atoms with Crippen LogP contribution in [0, 0.1) is 6.92 Å². The van der Waals surface area contributed by atoms with Gasteiger partial charge in [-0.25, -0.2) is 4.79 Å². The average Bonchev–Trinajstić information content (AvgIpc) is 3.02. The molecular formula is C20H20N2O2. The van der Waals surface area contributed by atoms with E-state index in [1.54, 1.807) is 0 Å². The number of H-pyrrole nitrogens is 1. The molecule has 0 aliphatic heterocycles. The van der Waals surface area contributed by atoms with Crippen molar-refractivity contribution in [3.05, 3.63) is 77.5 Å². The van der Waals surface area contributed by atoms with E-state index in [0.29, 0.717) is 6.54 Å². The fraction of sp³-hybridized carbons (Fsp3) is 0.150. The van der Waals surface area contributed by atoms with Crippen molar-refractivity contribution in [2.24, 2.45) is 0 Å². The number of hydrogen-bond donors (Lipinski definition) is 2. The molecule has 0 spiro atoms. The number of aryl methyl sites for hydroxylation is 1. The molecule has 0 aliphatic carbocycles. The Labute approximate surface area is 141 Å². The van der Waals surface area contributed by atoms with Crippen molar-refractivity contribution in [3.8, 4) is 0 Å². The van der Waals surface area contributed by atoms with Gasteiger partial charge in [0.15, 0.2) is 0 Å². The molecule has 0 bridgehead atoms. The molecule has 1 aromatic heterocycles. The van der Waals surface area contributed by atoms with Crippen LogP contribution in [0.1, 0.15) is 16.7 Å². The summed E-state index contributed by atoms with van der Waals surface area (Å²) in [5.41, 5.74) is 4.42. The standard InChI is InChI=1S/C20H20N2O2/c1-15-7-5-11-18-19(15)17(13-22-18)10-6-12-21-20(23)24-14-16-8-3-2-4-9-16/h2-11,13,22H,12,14H2,1H3,(H,21,23). The summed E-state index contributed by atoms with van der Waals surface area (Å²) in [7, 11) is 0. The van der Waals surface area contributed by atoms with E-state index in [0.717, 1.165) is 16.6 Å². The second kappa shape index (κ2) is 7.51. The molecule has 0 aliphatic rings. The highest BCUT2D eigenvalue weighted by Gasteiger charge is 2.03. The Morgan fingerprint density at radius 3 is 2.83 bits per heavy atom. The van der Waals surface area contributed by atoms with Crippen molar-refractivity contribution in [1.82, 2.24) is 10.3 Å². The number of ether oxygens (including phenoxy) is 1. The minimum absolute atomic E-state index is 0.276. The third-order valence-electron chi connectivity index (χ3n) is 3.82. The SMILES string of the molecule is Cc1cccc2[nH]cc(C=CCNC(=O)OCc3ccccc3)c12. The van der Waals surface area contributed by atoms with Crippen molar-refractivity contribution in [2.75, 3.05) is 6.54 Å². The second-order valence-electron chi connectivity index (χ2n) is 5.59. The molecule has 0 atom stereocenters. The van der Waals surface area contributed by atoms with Gasteiger partial charge in [0.2, 0.25) is 0 Å². The highest BCUT2D eigenvalue weighted by atomic mass is 16.5. The molecule has 122 valence electrons. The molecule has 0 unspecified atom stereocenters. The normalized spacial score (nSPS) is 11.0. The molecule has 4 nitrogen and oxygen atoms in total. The maximum absolute atomic E-state index is 11.7. The zero-order chi connectivity index (χ0) is 16.8. The molecule has 3 rings (SSSR count). The number of nitrogens with one attached hydrogen (secondary N) is 2. The number of carbonyl (C=O) groups excluding carboxylic acids is 1. The van der Waals surface area contributed by atoms with Gasteiger partial charge in [-0.05, 0) is 29.7 Å². The average molecular weight is 320 g/mol. The van der Waals surface area contributed by atoms with Gasteiger partial charge in [-0.15, -0.1) is 0 Å². The van der Waals surface area contributed by atoms with Gasteiger partial charge >= 0.3 is 6.09 Å². The smallest absolute Gasteiger partial charge is 0.407 e. The topological polar surface area (TPSA) is 54.1 Å². The van der Waals surface area contributed by atoms with Crippen LogP contribution in [-0.4, -0.2) is 17.6 Å². The highest BCUT2D eigenvalue weighted by molar-refractivity contribution is 5.91. The van der Waals surface area contributed by atoms with Crippen molar-refractivity contribution >= 4 is 23.1 Å². The summed E-state index contributed by atoms with van der Waals surface area (Å²) < 4.78 is 5.16. The molecule has 24 heavy (non-hydrogen) atoms. The van der Waals surface area contributed by atoms with Gasteiger partial charge in [0.1, 0.15) is 6.61 Å². The first-order valence-corrected chi connectivity index (χ1v) is 7.92. The van der Waals surface area contributed by atoms with E-state index < -0.39 is 6.09 Å². The van der Waals surface area contributed by atoms with E-state index in [1.807, 2.05) is 54.7 Å². The van der Waals surface area contributed by atoms with Crippen LogP contribution in [0.25, 0.3) is 17.0 Å². The van der Waals surface area contributed by atoms with Crippen molar-refractivity contribution < 1.29 is 9.53 Å². The van der Waals surface area contributed by atoms with E-state index in [9.17, 15) is 4.79 Å². The summed E-state index contributed by atoms with van der Waals surface area (Å²) in [6.45, 7) is 2.79. The van der Waals surface area contributed by atoms with E-state index >= 15 is 0 Å². The first-order chi connectivity index (χ1) is 11.7. The minimum atomic E-state index is -0.418. The number of carbonyl (C=O) groups is 1. The monoisotopic (exact) mass is 320 g/mol. The van der Waals surface area contributed by atoms with Gasteiger partial charge in [0.05, 0.1) is 0 Å². The van der Waals surface area contributed by atoms with Gasteiger partial charge in [-0.1, -0.05) is 54.6 Å². The summed E-state index contributed by atoms with van der Waals surface area (Å²) in [6, 6.07) is 15.8. The molecule has 1 heterocycles. The first-order valence-electron chi connectivity index (χ1n) is 7.92. The van der Waals surface area contributed by atoms with Gasteiger partial charge in [-0.2, -0.15) is 0 Å². The molecule has 0 fully saturated rings. The van der Waals surface area contributed by atoms with E-state index in [4.69, 9.17) is 4.74 Å². The van der Waals surface area contributed by atoms with Crippen molar-refractivity contribution in [3.63, 3.8) is 0 Å². The third kappa shape index (κ3) is 3.84. The maximum Gasteiger partial charge on any atom is 0.407 e. The largest absolute Gasteiger partial charge is 0.445 e. The summed E-state index contributed by atoms with van der Waals surface area (Å²) in [5, 5.41) is 3.93. The number of alkyl carbamates (subject to hydrolysis) is 1. The third-order valence-corrected chi connectivity index (χ3v) is 3.82. The molecule has 0 saturated heterocycles. The van der Waals surface area contributed by atoms with Gasteiger partial charge < -0.3 is 15.0 Å². The molecule has 0 radical (unpaired) electrons. The fourth-order valence-electron chi connectivity index (χ4n) is 2.63. The summed E-state index contributed by atoms with van der Waals surface area (Å²) >= 11 is 0. The van der Waals surface area contributed by atoms with Crippen LogP contribution in [0.3, 0.4) is 0 Å². The van der Waals surface area contributed by atoms with Crippen LogP contribution in [0.2, 0.25) is 0 Å². The molecule has 3 aromatic rings. The first kappa shape index (κ1) is 15.9. The molecule has 0 saturated carbocycles. The Morgan fingerprint density at radius 1 is 1.17 bits per heavy atom. The van der Waals surface area contributed by atoms with Crippen LogP contribution < -0.4 is 5.32 Å². The Kier molecular flexibility index (Phi) is 4.96. The number of hydrogen-bond acceptors (Lipinski definition) is 2. The Balaban J connectivity index is 1.50. The second-order valence-corrected chi connectivity index (χ2v) is 5.59. The van der Waals surface area contributed by atoms with E-state index in [2.05, 4.69) is 29.4 Å². The van der Waals surface area contributed by atoms with Gasteiger partial charge in [0, 0.05) is 23.6 Å². The number of rotatable bonds is 5. The van der Waals surface area contributed by atoms with Gasteiger partial charge in [0.25, 0.3) is 0 Å². The van der Waals surface area contributed by atoms with Crippen LogP contribution in [0.5, 0.6) is 0 Å². The number of aromatic amines is 1. The molecular weight excluding hydrogens is 300 g/mol. The Morgan fingerprint density at radius 2 is 2.00 bits per heavy atom. The number of aromatic nitrogens is 1. The Hall–Kier alpha value is -3.01. The molecule has 1 amide bonds. The van der Waals surface area contributed by atoms with E-state index in [-0.39, 0.29) is 6.61 Å². The summed E-state index contributed by atoms with van der Waals surface area (Å²) in [6.07, 6.45) is 5.47. The van der Waals surface area contributed by atoms with Crippen molar-refractivity contribution in [1.29, 1.82) is 0 Å². The minimum Gasteiger partial charge on any atom is -0.445 e. The maximum atomic E-state index is 11.7. The predicted octanol–water partition coefficient (Wildman–Crippen LogP) is 4.42. The van der Waals surface area contributed by atoms with Crippen LogP contribution in [0.15, 0.2) is 60.8 Å². The highest BCUT2D eigenvalue weighted by Crippen LogP contribution is 2.22. The summed E-state index contributed by atoms with van der Waals surface area (Å²) in [4.78, 5) is 14.9. The van der Waals surface area contributed by atoms with Crippen molar-refractivity contribution in [2.45, 2.75) is 13.5 Å². The number of amides is 1. The zero-order valence-corrected chi connectivity index (χ0v) is 13.6. The predicted molar refractivity (Wildman–Crippen MR) is 96.7 cm³/mol. The summed E-state index contributed by atoms with van der Waals surface area (Å²) in [5.74, 6) is 0. The van der Waals surface area contributed by atoms with Crippen LogP contribution in [-0.2, 0) is 11.3 Å². The molecule has 2 N–H and O–H groups in total. The lowest BCUT2D eigenvalue weighted by atomic mass is 10.1. The van der Waals surface area contributed by atoms with Crippen LogP contribution >= 0.6 is 0 Å². The number of benzene rings is 2. The zero-order valence-electron chi connectivity index (χ0n) is 13.6. The lowest BCUT2D eigenvalue weighted by Crippen LogP contribution is -2.24. The molecule has 4 heteroatoms. The lowest BCUT2D eigenvalue weighted by Gasteiger charge is -2.05.